The molecular weight excluding hydrogens is 346 g/mol. The highest BCUT2D eigenvalue weighted by Gasteiger charge is 2.21. The van der Waals surface area contributed by atoms with E-state index in [4.69, 9.17) is 14.2 Å². The number of nitrogens with one attached hydrogen (secondary N) is 1. The average Bonchev–Trinajstić information content (AvgIpc) is 2.68. The van der Waals surface area contributed by atoms with Gasteiger partial charge in [-0.2, -0.15) is 0 Å². The number of rotatable bonds is 9. The van der Waals surface area contributed by atoms with Crippen LogP contribution in [-0.4, -0.2) is 37.7 Å². The summed E-state index contributed by atoms with van der Waals surface area (Å²) in [5.41, 5.74) is 0.328. The molecule has 1 fully saturated rings. The summed E-state index contributed by atoms with van der Waals surface area (Å²) in [6.45, 7) is 6.94. The first-order valence-electron chi connectivity index (χ1n) is 9.93. The monoisotopic (exact) mass is 377 g/mol. The first kappa shape index (κ1) is 21.1. The van der Waals surface area contributed by atoms with E-state index >= 15 is 0 Å². The molecule has 150 valence electrons. The van der Waals surface area contributed by atoms with Gasteiger partial charge in [-0.25, -0.2) is 4.79 Å². The van der Waals surface area contributed by atoms with Gasteiger partial charge in [0, 0.05) is 6.54 Å². The first-order valence-corrected chi connectivity index (χ1v) is 9.93. The normalized spacial score (nSPS) is 15.7. The second-order valence-corrected chi connectivity index (χ2v) is 6.82. The van der Waals surface area contributed by atoms with Crippen molar-refractivity contribution < 1.29 is 23.8 Å². The van der Waals surface area contributed by atoms with Crippen molar-refractivity contribution >= 4 is 11.9 Å². The molecule has 0 heterocycles. The Morgan fingerprint density at radius 1 is 1.07 bits per heavy atom. The van der Waals surface area contributed by atoms with Crippen molar-refractivity contribution in [1.29, 1.82) is 0 Å². The Hall–Kier alpha value is -2.24. The maximum Gasteiger partial charge on any atom is 0.339 e. The van der Waals surface area contributed by atoms with Crippen LogP contribution in [0.2, 0.25) is 0 Å². The number of carbonyl (C=O) groups excluding carboxylic acids is 2. The van der Waals surface area contributed by atoms with Crippen molar-refractivity contribution in [2.45, 2.75) is 59.0 Å². The van der Waals surface area contributed by atoms with Crippen molar-refractivity contribution in [2.75, 3.05) is 19.8 Å². The van der Waals surface area contributed by atoms with E-state index < -0.39 is 12.1 Å². The van der Waals surface area contributed by atoms with Crippen molar-refractivity contribution in [1.82, 2.24) is 5.32 Å². The summed E-state index contributed by atoms with van der Waals surface area (Å²) in [4.78, 5) is 24.6. The Morgan fingerprint density at radius 3 is 2.41 bits per heavy atom. The predicted molar refractivity (Wildman–Crippen MR) is 103 cm³/mol. The van der Waals surface area contributed by atoms with Gasteiger partial charge in [0.15, 0.2) is 17.6 Å². The van der Waals surface area contributed by atoms with Gasteiger partial charge in [-0.05, 0) is 57.7 Å². The molecule has 27 heavy (non-hydrogen) atoms. The van der Waals surface area contributed by atoms with Crippen LogP contribution in [-0.2, 0) is 9.53 Å². The Bertz CT molecular complexity index is 625. The van der Waals surface area contributed by atoms with Crippen molar-refractivity contribution in [3.8, 4) is 11.5 Å². The predicted octanol–water partition coefficient (Wildman–Crippen LogP) is 3.73. The molecule has 0 aromatic heterocycles. The van der Waals surface area contributed by atoms with Crippen molar-refractivity contribution in [3.05, 3.63) is 23.8 Å². The van der Waals surface area contributed by atoms with Gasteiger partial charge in [-0.3, -0.25) is 4.79 Å². The van der Waals surface area contributed by atoms with Crippen LogP contribution in [0.5, 0.6) is 11.5 Å². The van der Waals surface area contributed by atoms with E-state index in [0.29, 0.717) is 42.7 Å². The van der Waals surface area contributed by atoms with Gasteiger partial charge < -0.3 is 19.5 Å². The lowest BCUT2D eigenvalue weighted by Crippen LogP contribution is -2.38. The zero-order valence-electron chi connectivity index (χ0n) is 16.6. The molecule has 1 aliphatic rings. The van der Waals surface area contributed by atoms with Gasteiger partial charge >= 0.3 is 5.97 Å². The lowest BCUT2D eigenvalue weighted by molar-refractivity contribution is -0.129. The van der Waals surface area contributed by atoms with Crippen molar-refractivity contribution in [3.63, 3.8) is 0 Å². The molecule has 6 heteroatoms. The van der Waals surface area contributed by atoms with Crippen LogP contribution in [0.1, 0.15) is 63.2 Å². The third kappa shape index (κ3) is 6.45. The number of esters is 1. The maximum atomic E-state index is 12.4. The number of benzene rings is 1. The minimum absolute atomic E-state index is 0.259. The van der Waals surface area contributed by atoms with Crippen molar-refractivity contribution in [2.24, 2.45) is 5.92 Å². The van der Waals surface area contributed by atoms with Crippen LogP contribution in [0.3, 0.4) is 0 Å². The highest BCUT2D eigenvalue weighted by Crippen LogP contribution is 2.29. The molecule has 1 aromatic rings. The van der Waals surface area contributed by atoms with Gasteiger partial charge in [0.1, 0.15) is 0 Å². The fraction of sp³-hybridized carbons (Fsp3) is 0.619. The van der Waals surface area contributed by atoms with E-state index in [9.17, 15) is 9.59 Å². The van der Waals surface area contributed by atoms with Crippen LogP contribution in [0, 0.1) is 5.92 Å². The smallest absolute Gasteiger partial charge is 0.339 e. The molecule has 0 radical (unpaired) electrons. The van der Waals surface area contributed by atoms with E-state index in [1.54, 1.807) is 25.1 Å². The van der Waals surface area contributed by atoms with Gasteiger partial charge in [0.05, 0.1) is 18.8 Å². The summed E-state index contributed by atoms with van der Waals surface area (Å²) in [6.07, 6.45) is 5.20. The second-order valence-electron chi connectivity index (χ2n) is 6.82. The molecule has 1 N–H and O–H groups in total. The molecule has 2 rings (SSSR count). The quantitative estimate of drug-likeness (QED) is 0.664. The second kappa shape index (κ2) is 10.8. The largest absolute Gasteiger partial charge is 0.490 e. The molecular formula is C21H31NO5. The van der Waals surface area contributed by atoms with Crippen LogP contribution in [0.15, 0.2) is 18.2 Å². The molecule has 0 bridgehead atoms. The van der Waals surface area contributed by atoms with Crippen LogP contribution < -0.4 is 14.8 Å². The Kier molecular flexibility index (Phi) is 8.43. The highest BCUT2D eigenvalue weighted by molar-refractivity contribution is 5.92. The first-order chi connectivity index (χ1) is 13.0. The van der Waals surface area contributed by atoms with Crippen LogP contribution in [0.4, 0.5) is 0 Å². The summed E-state index contributed by atoms with van der Waals surface area (Å²) >= 11 is 0. The van der Waals surface area contributed by atoms with Gasteiger partial charge in [-0.15, -0.1) is 0 Å². The van der Waals surface area contributed by atoms with Crippen LogP contribution >= 0.6 is 0 Å². The number of ether oxygens (including phenoxy) is 3. The van der Waals surface area contributed by atoms with Gasteiger partial charge in [-0.1, -0.05) is 19.3 Å². The summed E-state index contributed by atoms with van der Waals surface area (Å²) in [7, 11) is 0. The van der Waals surface area contributed by atoms with E-state index in [1.807, 2.05) is 13.8 Å². The SMILES string of the molecule is CCOc1ccc(C(=O)OC(C)C(=O)NCC2CCCCC2)cc1OCC. The molecule has 0 saturated heterocycles. The molecule has 1 unspecified atom stereocenters. The molecule has 1 amide bonds. The van der Waals surface area contributed by atoms with E-state index in [2.05, 4.69) is 5.32 Å². The van der Waals surface area contributed by atoms with Crippen LogP contribution in [0.25, 0.3) is 0 Å². The molecule has 1 atom stereocenters. The van der Waals surface area contributed by atoms with E-state index in [0.717, 1.165) is 12.8 Å². The summed E-state index contributed by atoms with van der Waals surface area (Å²) in [6, 6.07) is 4.88. The summed E-state index contributed by atoms with van der Waals surface area (Å²) < 4.78 is 16.3. The molecule has 6 nitrogen and oxygen atoms in total. The number of hydrogen-bond donors (Lipinski definition) is 1. The zero-order valence-corrected chi connectivity index (χ0v) is 16.6. The Labute approximate surface area is 161 Å². The Morgan fingerprint density at radius 2 is 1.74 bits per heavy atom. The molecule has 1 aliphatic carbocycles. The standard InChI is InChI=1S/C21H31NO5/c1-4-25-18-12-11-17(13-19(18)26-5-2)21(24)27-15(3)20(23)22-14-16-9-7-6-8-10-16/h11-13,15-16H,4-10,14H2,1-3H3,(H,22,23). The van der Waals surface area contributed by atoms with E-state index in [-0.39, 0.29) is 5.91 Å². The molecule has 0 spiro atoms. The molecule has 1 saturated carbocycles. The van der Waals surface area contributed by atoms with Gasteiger partial charge in [0.2, 0.25) is 0 Å². The fourth-order valence-electron chi connectivity index (χ4n) is 3.24. The maximum absolute atomic E-state index is 12.4. The average molecular weight is 377 g/mol. The molecule has 0 aliphatic heterocycles. The number of amides is 1. The Balaban J connectivity index is 1.90. The topological polar surface area (TPSA) is 73.9 Å². The summed E-state index contributed by atoms with van der Waals surface area (Å²) in [5, 5.41) is 2.91. The fourth-order valence-corrected chi connectivity index (χ4v) is 3.24. The molecule has 1 aromatic carbocycles. The third-order valence-electron chi connectivity index (χ3n) is 4.72. The lowest BCUT2D eigenvalue weighted by Gasteiger charge is -2.22. The minimum atomic E-state index is -0.844. The number of carbonyl (C=O) groups is 2. The highest BCUT2D eigenvalue weighted by atomic mass is 16.5. The lowest BCUT2D eigenvalue weighted by atomic mass is 9.89. The zero-order chi connectivity index (χ0) is 19.6. The van der Waals surface area contributed by atoms with E-state index in [1.165, 1.54) is 19.3 Å². The van der Waals surface area contributed by atoms with Gasteiger partial charge in [0.25, 0.3) is 5.91 Å². The summed E-state index contributed by atoms with van der Waals surface area (Å²) in [5.74, 6) is 0.784. The minimum Gasteiger partial charge on any atom is -0.490 e. The third-order valence-corrected chi connectivity index (χ3v) is 4.72. The number of hydrogen-bond acceptors (Lipinski definition) is 5.